The van der Waals surface area contributed by atoms with Gasteiger partial charge in [0.05, 0.1) is 19.3 Å². The standard InChI is InChI=1S/C20H19N3O6/c1-4-28-13(24)9-23-10(2)14(17(25)27-3)20(18(23)26)12-8-6-5-7-11(12)15-16(20)22-19(21)29-15/h5-8H,4,9H2,1-3H3,(H2,21,22)/t20-/m0/s1. The van der Waals surface area contributed by atoms with Crippen molar-refractivity contribution in [3.8, 4) is 11.3 Å². The fraction of sp³-hybridized carbons (Fsp3) is 0.300. The molecule has 9 heteroatoms. The summed E-state index contributed by atoms with van der Waals surface area (Å²) in [5.41, 5.74) is 5.89. The minimum absolute atomic E-state index is 0.0776. The largest absolute Gasteiger partial charge is 0.466 e. The number of benzene rings is 1. The SMILES string of the molecule is CCOC(=O)CN1C(=O)[C@]2(C(C(=O)OC)=C1C)c1ccccc1-c1oc(N)nc12. The van der Waals surface area contributed by atoms with Crippen LogP contribution in [0.2, 0.25) is 0 Å². The number of rotatable bonds is 4. The van der Waals surface area contributed by atoms with Gasteiger partial charge in [-0.3, -0.25) is 9.59 Å². The van der Waals surface area contributed by atoms with Gasteiger partial charge < -0.3 is 24.5 Å². The van der Waals surface area contributed by atoms with Crippen molar-refractivity contribution in [3.05, 3.63) is 46.8 Å². The number of amides is 1. The van der Waals surface area contributed by atoms with Crippen LogP contribution in [0.1, 0.15) is 25.1 Å². The number of nitrogens with zero attached hydrogens (tertiary/aromatic N) is 2. The van der Waals surface area contributed by atoms with Crippen molar-refractivity contribution in [2.75, 3.05) is 26.0 Å². The number of fused-ring (bicyclic) bond motifs is 5. The Morgan fingerprint density at radius 2 is 2.03 bits per heavy atom. The second kappa shape index (κ2) is 6.47. The van der Waals surface area contributed by atoms with E-state index in [9.17, 15) is 14.4 Å². The monoisotopic (exact) mass is 397 g/mol. The Bertz CT molecular complexity index is 1090. The maximum Gasteiger partial charge on any atom is 0.337 e. The molecule has 1 aliphatic heterocycles. The number of methoxy groups -OCH3 is 1. The van der Waals surface area contributed by atoms with Gasteiger partial charge >= 0.3 is 11.9 Å². The van der Waals surface area contributed by atoms with Crippen LogP contribution < -0.4 is 5.73 Å². The first kappa shape index (κ1) is 18.7. The first-order chi connectivity index (χ1) is 13.9. The van der Waals surface area contributed by atoms with E-state index in [4.69, 9.17) is 19.6 Å². The number of allylic oxidation sites excluding steroid dienone is 1. The average molecular weight is 397 g/mol. The van der Waals surface area contributed by atoms with Gasteiger partial charge in [-0.25, -0.2) is 4.79 Å². The lowest BCUT2D eigenvalue weighted by atomic mass is 9.74. The topological polar surface area (TPSA) is 125 Å². The Balaban J connectivity index is 2.00. The Morgan fingerprint density at radius 1 is 1.31 bits per heavy atom. The number of carbonyl (C=O) groups is 3. The van der Waals surface area contributed by atoms with Gasteiger partial charge in [0.2, 0.25) is 5.91 Å². The molecule has 2 aliphatic rings. The third-order valence-corrected chi connectivity index (χ3v) is 5.26. The summed E-state index contributed by atoms with van der Waals surface area (Å²) < 4.78 is 15.6. The van der Waals surface area contributed by atoms with Gasteiger partial charge in [-0.2, -0.15) is 4.98 Å². The average Bonchev–Trinajstić information content (AvgIpc) is 3.27. The molecule has 2 N–H and O–H groups in total. The number of oxazole rings is 1. The van der Waals surface area contributed by atoms with Crippen molar-refractivity contribution < 1.29 is 28.3 Å². The van der Waals surface area contributed by atoms with Crippen LogP contribution in [-0.4, -0.2) is 48.0 Å². The fourth-order valence-corrected chi connectivity index (χ4v) is 4.18. The van der Waals surface area contributed by atoms with Crippen molar-refractivity contribution in [1.82, 2.24) is 9.88 Å². The van der Waals surface area contributed by atoms with Crippen LogP contribution in [0, 0.1) is 0 Å². The normalized spacial score (nSPS) is 19.6. The van der Waals surface area contributed by atoms with Crippen molar-refractivity contribution in [1.29, 1.82) is 0 Å². The molecule has 0 unspecified atom stereocenters. The highest BCUT2D eigenvalue weighted by atomic mass is 16.5. The number of anilines is 1. The van der Waals surface area contributed by atoms with Crippen LogP contribution in [0.5, 0.6) is 0 Å². The molecule has 150 valence electrons. The number of hydrogen-bond donors (Lipinski definition) is 1. The van der Waals surface area contributed by atoms with E-state index < -0.39 is 23.3 Å². The van der Waals surface area contributed by atoms with Crippen molar-refractivity contribution >= 4 is 23.9 Å². The molecule has 0 fully saturated rings. The summed E-state index contributed by atoms with van der Waals surface area (Å²) in [5, 5.41) is 0. The van der Waals surface area contributed by atoms with E-state index in [1.54, 1.807) is 38.1 Å². The predicted octanol–water partition coefficient (Wildman–Crippen LogP) is 1.38. The second-order valence-electron chi connectivity index (χ2n) is 6.67. The van der Waals surface area contributed by atoms with Gasteiger partial charge in [-0.05, 0) is 19.4 Å². The number of aromatic nitrogens is 1. The van der Waals surface area contributed by atoms with E-state index in [0.29, 0.717) is 22.6 Å². The Kier molecular flexibility index (Phi) is 4.18. The minimum atomic E-state index is -1.60. The highest BCUT2D eigenvalue weighted by molar-refractivity contribution is 6.14. The molecule has 1 atom stereocenters. The van der Waals surface area contributed by atoms with E-state index in [1.807, 2.05) is 0 Å². The van der Waals surface area contributed by atoms with Gasteiger partial charge in [-0.1, -0.05) is 24.3 Å². The number of nitrogens with two attached hydrogens (primary N) is 1. The minimum Gasteiger partial charge on any atom is -0.466 e. The van der Waals surface area contributed by atoms with Gasteiger partial charge in [-0.15, -0.1) is 0 Å². The molecule has 0 bridgehead atoms. The number of carbonyl (C=O) groups excluding carboxylic acids is 3. The highest BCUT2D eigenvalue weighted by Crippen LogP contribution is 2.57. The fourth-order valence-electron chi connectivity index (χ4n) is 4.18. The number of nitrogen functional groups attached to an aromatic ring is 1. The molecule has 1 aromatic heterocycles. The zero-order valence-electron chi connectivity index (χ0n) is 16.1. The smallest absolute Gasteiger partial charge is 0.337 e. The number of esters is 2. The summed E-state index contributed by atoms with van der Waals surface area (Å²) in [6.07, 6.45) is 0. The lowest BCUT2D eigenvalue weighted by molar-refractivity contribution is -0.147. The Morgan fingerprint density at radius 3 is 2.72 bits per heavy atom. The van der Waals surface area contributed by atoms with Crippen LogP contribution in [0.25, 0.3) is 11.3 Å². The maximum atomic E-state index is 13.8. The zero-order valence-corrected chi connectivity index (χ0v) is 16.1. The quantitative estimate of drug-likeness (QED) is 0.767. The number of ether oxygens (including phenoxy) is 2. The summed E-state index contributed by atoms with van der Waals surface area (Å²) >= 11 is 0. The van der Waals surface area contributed by atoms with E-state index >= 15 is 0 Å². The van der Waals surface area contributed by atoms with Gasteiger partial charge in [0, 0.05) is 11.3 Å². The molecule has 0 radical (unpaired) electrons. The van der Waals surface area contributed by atoms with Crippen molar-refractivity contribution in [2.24, 2.45) is 0 Å². The molecule has 1 aromatic carbocycles. The molecule has 2 heterocycles. The Hall–Kier alpha value is -3.62. The van der Waals surface area contributed by atoms with Gasteiger partial charge in [0.15, 0.2) is 11.2 Å². The third-order valence-electron chi connectivity index (χ3n) is 5.26. The lowest BCUT2D eigenvalue weighted by Gasteiger charge is -2.26. The molecular weight excluding hydrogens is 378 g/mol. The molecule has 29 heavy (non-hydrogen) atoms. The van der Waals surface area contributed by atoms with Crippen LogP contribution in [0.15, 0.2) is 40.0 Å². The van der Waals surface area contributed by atoms with E-state index in [2.05, 4.69) is 4.98 Å². The van der Waals surface area contributed by atoms with Crippen LogP contribution in [0.4, 0.5) is 6.01 Å². The van der Waals surface area contributed by atoms with Crippen molar-refractivity contribution in [3.63, 3.8) is 0 Å². The molecule has 1 spiro atoms. The molecule has 2 aromatic rings. The van der Waals surface area contributed by atoms with Crippen LogP contribution in [0.3, 0.4) is 0 Å². The van der Waals surface area contributed by atoms with Crippen LogP contribution in [-0.2, 0) is 29.3 Å². The molecular formula is C20H19N3O6. The van der Waals surface area contributed by atoms with Crippen molar-refractivity contribution in [2.45, 2.75) is 19.3 Å². The van der Waals surface area contributed by atoms with Crippen LogP contribution >= 0.6 is 0 Å². The molecule has 0 saturated heterocycles. The Labute approximate surface area is 166 Å². The third kappa shape index (κ3) is 2.33. The van der Waals surface area contributed by atoms with E-state index in [0.717, 1.165) is 0 Å². The highest BCUT2D eigenvalue weighted by Gasteiger charge is 2.63. The summed E-state index contributed by atoms with van der Waals surface area (Å²) in [6, 6.07) is 6.90. The van der Waals surface area contributed by atoms with E-state index in [-0.39, 0.29) is 30.4 Å². The summed E-state index contributed by atoms with van der Waals surface area (Å²) in [7, 11) is 1.23. The molecule has 1 amide bonds. The maximum absolute atomic E-state index is 13.8. The number of hydrogen-bond acceptors (Lipinski definition) is 8. The van der Waals surface area contributed by atoms with E-state index in [1.165, 1.54) is 12.0 Å². The molecule has 9 nitrogen and oxygen atoms in total. The molecule has 0 saturated carbocycles. The first-order valence-electron chi connectivity index (χ1n) is 9.01. The lowest BCUT2D eigenvalue weighted by Crippen LogP contribution is -2.43. The zero-order chi connectivity index (χ0) is 20.9. The molecule has 4 rings (SSSR count). The van der Waals surface area contributed by atoms with Gasteiger partial charge in [0.25, 0.3) is 6.01 Å². The summed E-state index contributed by atoms with van der Waals surface area (Å²) in [5.74, 6) is -1.49. The summed E-state index contributed by atoms with van der Waals surface area (Å²) in [6.45, 7) is 3.09. The summed E-state index contributed by atoms with van der Waals surface area (Å²) in [4.78, 5) is 44.2. The predicted molar refractivity (Wildman–Crippen MR) is 100 cm³/mol. The first-order valence-corrected chi connectivity index (χ1v) is 9.01. The van der Waals surface area contributed by atoms with Gasteiger partial charge in [0.1, 0.15) is 12.2 Å². The molecule has 1 aliphatic carbocycles. The second-order valence-corrected chi connectivity index (χ2v) is 6.67.